The Labute approximate surface area is 294 Å². The van der Waals surface area contributed by atoms with E-state index < -0.39 is 0 Å². The van der Waals surface area contributed by atoms with Crippen LogP contribution in [0.2, 0.25) is 0 Å². The molecule has 0 spiro atoms. The summed E-state index contributed by atoms with van der Waals surface area (Å²) in [5, 5.41) is 4.72. The quantitative estimate of drug-likeness (QED) is 0.175. The van der Waals surface area contributed by atoms with Crippen molar-refractivity contribution in [1.29, 1.82) is 0 Å². The van der Waals surface area contributed by atoms with Crippen molar-refractivity contribution in [3.63, 3.8) is 0 Å². The van der Waals surface area contributed by atoms with Crippen molar-refractivity contribution in [1.82, 2.24) is 9.13 Å². The molecular weight excluding hydrogens is 624 g/mol. The van der Waals surface area contributed by atoms with Crippen LogP contribution in [0.4, 0.5) is 4.39 Å². The molecule has 2 heterocycles. The minimum atomic E-state index is -0.245. The number of hydrogen-bond acceptors (Lipinski definition) is 0. The van der Waals surface area contributed by atoms with Gasteiger partial charge in [-0.3, -0.25) is 0 Å². The van der Waals surface area contributed by atoms with Gasteiger partial charge in [-0.25, -0.2) is 4.39 Å². The number of halogens is 1. The molecule has 8 aromatic carbocycles. The fourth-order valence-electron chi connectivity index (χ4n) is 7.79. The van der Waals surface area contributed by atoms with Crippen LogP contribution in [0.1, 0.15) is 0 Å². The first kappa shape index (κ1) is 29.2. The second kappa shape index (κ2) is 11.7. The van der Waals surface area contributed by atoms with Crippen molar-refractivity contribution in [3.05, 3.63) is 194 Å². The van der Waals surface area contributed by atoms with E-state index in [1.165, 1.54) is 21.8 Å². The van der Waals surface area contributed by atoms with Gasteiger partial charge in [0.1, 0.15) is 5.82 Å². The molecule has 3 heteroatoms. The molecule has 2 nitrogen and oxygen atoms in total. The Balaban J connectivity index is 1.07. The van der Waals surface area contributed by atoms with Gasteiger partial charge in [-0.05, 0) is 94.5 Å². The average Bonchev–Trinajstić information content (AvgIpc) is 3.71. The van der Waals surface area contributed by atoms with Crippen LogP contribution in [0.5, 0.6) is 0 Å². The first-order chi connectivity index (χ1) is 25.2. The lowest BCUT2D eigenvalue weighted by Crippen LogP contribution is -1.96. The van der Waals surface area contributed by atoms with E-state index in [1.54, 1.807) is 6.07 Å². The van der Waals surface area contributed by atoms with Crippen LogP contribution in [0, 0.1) is 5.82 Å². The molecule has 10 rings (SSSR count). The summed E-state index contributed by atoms with van der Waals surface area (Å²) in [4.78, 5) is 0. The predicted octanol–water partition coefficient (Wildman–Crippen LogP) is 13.0. The largest absolute Gasteiger partial charge is 0.309 e. The van der Waals surface area contributed by atoms with E-state index in [9.17, 15) is 0 Å². The van der Waals surface area contributed by atoms with Gasteiger partial charge in [-0.15, -0.1) is 0 Å². The highest BCUT2D eigenvalue weighted by molar-refractivity contribution is 6.12. The summed E-state index contributed by atoms with van der Waals surface area (Å²) in [5.74, 6) is -0.245. The van der Waals surface area contributed by atoms with E-state index in [0.29, 0.717) is 5.56 Å². The van der Waals surface area contributed by atoms with E-state index in [4.69, 9.17) is 0 Å². The van der Waals surface area contributed by atoms with Gasteiger partial charge >= 0.3 is 0 Å². The van der Waals surface area contributed by atoms with Crippen LogP contribution in [-0.4, -0.2) is 9.13 Å². The standard InChI is InChI=1S/C48H31FN2/c49-44-31-38(25-26-39(44)34-21-19-33(20-22-34)32-11-3-1-4-12-32)51-46-18-10-8-16-41(46)43-30-36(24-28-48(43)51)35-23-27-47-42(29-35)40-15-7-9-17-45(40)50(47)37-13-5-2-6-14-37/h1-31H. The SMILES string of the molecule is Fc1cc(-n2c3ccccc3c3cc(-c4ccc5c(c4)c4ccccc4n5-c4ccccc4)ccc32)ccc1-c1ccc(-c2ccccc2)cc1. The molecule has 240 valence electrons. The first-order valence-electron chi connectivity index (χ1n) is 17.3. The Morgan fingerprint density at radius 2 is 0.745 bits per heavy atom. The number of hydrogen-bond donors (Lipinski definition) is 0. The van der Waals surface area contributed by atoms with Gasteiger partial charge in [-0.2, -0.15) is 0 Å². The molecule has 2 aromatic heterocycles. The molecule has 0 unspecified atom stereocenters. The Morgan fingerprint density at radius 3 is 1.33 bits per heavy atom. The van der Waals surface area contributed by atoms with E-state index >= 15 is 4.39 Å². The molecule has 0 fully saturated rings. The zero-order chi connectivity index (χ0) is 33.9. The highest BCUT2D eigenvalue weighted by Crippen LogP contribution is 2.39. The van der Waals surface area contributed by atoms with Gasteiger partial charge in [0.2, 0.25) is 0 Å². The van der Waals surface area contributed by atoms with E-state index in [0.717, 1.165) is 61.0 Å². The third-order valence-corrected chi connectivity index (χ3v) is 10.2. The smallest absolute Gasteiger partial charge is 0.133 e. The Morgan fingerprint density at radius 1 is 0.294 bits per heavy atom. The third-order valence-electron chi connectivity index (χ3n) is 10.2. The number of para-hydroxylation sites is 3. The highest BCUT2D eigenvalue weighted by Gasteiger charge is 2.17. The summed E-state index contributed by atoms with van der Waals surface area (Å²) in [5.41, 5.74) is 12.4. The maximum absolute atomic E-state index is 16.0. The van der Waals surface area contributed by atoms with Gasteiger partial charge in [-0.1, -0.05) is 121 Å². The number of fused-ring (bicyclic) bond motifs is 6. The van der Waals surface area contributed by atoms with Crippen LogP contribution in [0.3, 0.4) is 0 Å². The average molecular weight is 655 g/mol. The summed E-state index contributed by atoms with van der Waals surface area (Å²) in [6.07, 6.45) is 0. The van der Waals surface area contributed by atoms with Crippen LogP contribution >= 0.6 is 0 Å². The van der Waals surface area contributed by atoms with Crippen LogP contribution in [0.25, 0.3) is 88.4 Å². The molecule has 0 radical (unpaired) electrons. The molecule has 0 aliphatic rings. The fraction of sp³-hybridized carbons (Fsp3) is 0. The lowest BCUT2D eigenvalue weighted by atomic mass is 10.00. The summed E-state index contributed by atoms with van der Waals surface area (Å²) in [6.45, 7) is 0. The molecule has 0 saturated heterocycles. The molecule has 51 heavy (non-hydrogen) atoms. The van der Waals surface area contributed by atoms with Crippen LogP contribution in [-0.2, 0) is 0 Å². The molecule has 0 amide bonds. The van der Waals surface area contributed by atoms with Gasteiger partial charge in [0.05, 0.1) is 22.1 Å². The highest BCUT2D eigenvalue weighted by atomic mass is 19.1. The Bertz CT molecular complexity index is 2900. The summed E-state index contributed by atoms with van der Waals surface area (Å²) in [7, 11) is 0. The van der Waals surface area contributed by atoms with Crippen LogP contribution < -0.4 is 0 Å². The second-order valence-electron chi connectivity index (χ2n) is 13.1. The number of nitrogens with zero attached hydrogens (tertiary/aromatic N) is 2. The first-order valence-corrected chi connectivity index (χ1v) is 17.3. The van der Waals surface area contributed by atoms with Crippen molar-refractivity contribution in [3.8, 4) is 44.8 Å². The maximum atomic E-state index is 16.0. The zero-order valence-corrected chi connectivity index (χ0v) is 27.7. The minimum Gasteiger partial charge on any atom is -0.309 e. The molecule has 0 aliphatic heterocycles. The lowest BCUT2D eigenvalue weighted by Gasteiger charge is -2.12. The molecule has 0 atom stereocenters. The van der Waals surface area contributed by atoms with Gasteiger partial charge < -0.3 is 9.13 Å². The second-order valence-corrected chi connectivity index (χ2v) is 13.1. The Kier molecular flexibility index (Phi) is 6.71. The lowest BCUT2D eigenvalue weighted by molar-refractivity contribution is 0.630. The third kappa shape index (κ3) is 4.78. The van der Waals surface area contributed by atoms with Crippen molar-refractivity contribution >= 4 is 43.6 Å². The number of benzene rings is 8. The van der Waals surface area contributed by atoms with Crippen molar-refractivity contribution in [2.45, 2.75) is 0 Å². The minimum absolute atomic E-state index is 0.245. The van der Waals surface area contributed by atoms with Crippen molar-refractivity contribution in [2.24, 2.45) is 0 Å². The predicted molar refractivity (Wildman–Crippen MR) is 211 cm³/mol. The molecule has 10 aromatic rings. The Hall–Kier alpha value is -6.71. The van der Waals surface area contributed by atoms with Gasteiger partial charge in [0, 0.05) is 38.5 Å². The number of rotatable bonds is 5. The van der Waals surface area contributed by atoms with E-state index in [2.05, 4.69) is 143 Å². The number of aromatic nitrogens is 2. The summed E-state index contributed by atoms with van der Waals surface area (Å²) < 4.78 is 20.5. The maximum Gasteiger partial charge on any atom is 0.133 e. The van der Waals surface area contributed by atoms with E-state index in [1.807, 2.05) is 48.5 Å². The van der Waals surface area contributed by atoms with Gasteiger partial charge in [0.15, 0.2) is 0 Å². The molecule has 0 bridgehead atoms. The molecule has 0 N–H and O–H groups in total. The monoisotopic (exact) mass is 654 g/mol. The van der Waals surface area contributed by atoms with Crippen LogP contribution in [0.15, 0.2) is 188 Å². The summed E-state index contributed by atoms with van der Waals surface area (Å²) >= 11 is 0. The normalized spacial score (nSPS) is 11.6. The zero-order valence-electron chi connectivity index (χ0n) is 27.7. The topological polar surface area (TPSA) is 9.86 Å². The van der Waals surface area contributed by atoms with Gasteiger partial charge in [0.25, 0.3) is 0 Å². The molecule has 0 saturated carbocycles. The van der Waals surface area contributed by atoms with E-state index in [-0.39, 0.29) is 5.82 Å². The molecule has 0 aliphatic carbocycles. The molecular formula is C48H31FN2. The fourth-order valence-corrected chi connectivity index (χ4v) is 7.79. The summed E-state index contributed by atoms with van der Waals surface area (Å²) in [6, 6.07) is 65.0. The van der Waals surface area contributed by atoms with Crippen molar-refractivity contribution < 1.29 is 4.39 Å². The van der Waals surface area contributed by atoms with Crippen molar-refractivity contribution in [2.75, 3.05) is 0 Å².